The minimum atomic E-state index is -0.191. The lowest BCUT2D eigenvalue weighted by Gasteiger charge is -2.21. The van der Waals surface area contributed by atoms with Gasteiger partial charge in [0, 0.05) is 25.2 Å². The number of carbonyl (C=O) groups excluding carboxylic acids is 1. The molecule has 0 aliphatic carbocycles. The Labute approximate surface area is 124 Å². The second-order valence-electron chi connectivity index (χ2n) is 4.30. The predicted molar refractivity (Wildman–Crippen MR) is 77.2 cm³/mol. The van der Waals surface area contributed by atoms with Crippen molar-refractivity contribution in [2.45, 2.75) is 6.92 Å². The molecule has 0 aromatic heterocycles. The molecule has 1 N–H and O–H groups in total. The zero-order chi connectivity index (χ0) is 15.0. The van der Waals surface area contributed by atoms with Crippen molar-refractivity contribution in [2.75, 3.05) is 40.0 Å². The van der Waals surface area contributed by atoms with Gasteiger partial charge in [-0.1, -0.05) is 11.6 Å². The second kappa shape index (κ2) is 8.79. The van der Waals surface area contributed by atoms with E-state index in [0.717, 1.165) is 5.56 Å². The monoisotopic (exact) mass is 301 g/mol. The van der Waals surface area contributed by atoms with Gasteiger partial charge in [0.05, 0.1) is 13.2 Å². The summed E-state index contributed by atoms with van der Waals surface area (Å²) in [5, 5.41) is 9.60. The second-order valence-corrected chi connectivity index (χ2v) is 4.70. The first-order valence-electron chi connectivity index (χ1n) is 6.35. The average molecular weight is 302 g/mol. The number of hydrogen-bond acceptors (Lipinski definition) is 4. The van der Waals surface area contributed by atoms with Crippen LogP contribution < -0.4 is 4.74 Å². The summed E-state index contributed by atoms with van der Waals surface area (Å²) in [4.78, 5) is 13.5. The number of hydrogen-bond donors (Lipinski definition) is 1. The number of ether oxygens (including phenoxy) is 2. The number of halogens is 1. The molecule has 0 fully saturated rings. The average Bonchev–Trinajstić information content (AvgIpc) is 2.44. The molecule has 5 nitrogen and oxygen atoms in total. The molecule has 0 radical (unpaired) electrons. The van der Waals surface area contributed by atoms with Crippen molar-refractivity contribution >= 4 is 17.5 Å². The number of aliphatic hydroxyl groups excluding tert-OH is 1. The SMILES string of the molecule is COCCN(CCO)C(=O)COc1ccc(Cl)c(C)c1. The Balaban J connectivity index is 2.52. The molecule has 0 spiro atoms. The molecular formula is C14H20ClNO4. The minimum Gasteiger partial charge on any atom is -0.484 e. The highest BCUT2D eigenvalue weighted by Crippen LogP contribution is 2.20. The first-order valence-corrected chi connectivity index (χ1v) is 6.72. The maximum absolute atomic E-state index is 12.0. The van der Waals surface area contributed by atoms with E-state index in [0.29, 0.717) is 23.9 Å². The van der Waals surface area contributed by atoms with Gasteiger partial charge in [-0.25, -0.2) is 0 Å². The summed E-state index contributed by atoms with van der Waals surface area (Å²) >= 11 is 5.92. The molecule has 112 valence electrons. The van der Waals surface area contributed by atoms with E-state index in [1.807, 2.05) is 6.92 Å². The number of aliphatic hydroxyl groups is 1. The van der Waals surface area contributed by atoms with Crippen LogP contribution in [0, 0.1) is 6.92 Å². The number of amides is 1. The molecule has 1 aromatic rings. The number of aryl methyl sites for hydroxylation is 1. The van der Waals surface area contributed by atoms with E-state index in [1.54, 1.807) is 25.3 Å². The van der Waals surface area contributed by atoms with Crippen molar-refractivity contribution in [3.63, 3.8) is 0 Å². The highest BCUT2D eigenvalue weighted by molar-refractivity contribution is 6.31. The fourth-order valence-electron chi connectivity index (χ4n) is 1.63. The van der Waals surface area contributed by atoms with Crippen LogP contribution in [0.15, 0.2) is 18.2 Å². The van der Waals surface area contributed by atoms with E-state index in [2.05, 4.69) is 0 Å². The summed E-state index contributed by atoms with van der Waals surface area (Å²) in [7, 11) is 1.56. The Bertz CT molecular complexity index is 439. The lowest BCUT2D eigenvalue weighted by Crippen LogP contribution is -2.39. The van der Waals surface area contributed by atoms with Gasteiger partial charge in [-0.15, -0.1) is 0 Å². The van der Waals surface area contributed by atoms with Gasteiger partial charge in [0.25, 0.3) is 5.91 Å². The molecule has 0 heterocycles. The molecule has 1 rings (SSSR count). The van der Waals surface area contributed by atoms with Crippen LogP contribution in [-0.2, 0) is 9.53 Å². The normalized spacial score (nSPS) is 10.4. The molecule has 0 saturated heterocycles. The molecule has 0 unspecified atom stereocenters. The van der Waals surface area contributed by atoms with Gasteiger partial charge < -0.3 is 19.5 Å². The summed E-state index contributed by atoms with van der Waals surface area (Å²) in [6.45, 7) is 2.82. The highest BCUT2D eigenvalue weighted by Gasteiger charge is 2.13. The van der Waals surface area contributed by atoms with Gasteiger partial charge >= 0.3 is 0 Å². The van der Waals surface area contributed by atoms with Gasteiger partial charge in [-0.3, -0.25) is 4.79 Å². The van der Waals surface area contributed by atoms with Gasteiger partial charge in [0.15, 0.2) is 6.61 Å². The molecule has 0 aliphatic heterocycles. The first-order chi connectivity index (χ1) is 9.58. The van der Waals surface area contributed by atoms with E-state index in [-0.39, 0.29) is 25.7 Å². The number of benzene rings is 1. The summed E-state index contributed by atoms with van der Waals surface area (Å²) in [5.74, 6) is 0.402. The van der Waals surface area contributed by atoms with Crippen molar-refractivity contribution in [3.8, 4) is 5.75 Å². The maximum Gasteiger partial charge on any atom is 0.260 e. The summed E-state index contributed by atoms with van der Waals surface area (Å²) < 4.78 is 10.4. The van der Waals surface area contributed by atoms with Crippen molar-refractivity contribution < 1.29 is 19.4 Å². The van der Waals surface area contributed by atoms with Crippen molar-refractivity contribution in [1.82, 2.24) is 4.90 Å². The number of methoxy groups -OCH3 is 1. The highest BCUT2D eigenvalue weighted by atomic mass is 35.5. The Morgan fingerprint density at radius 3 is 2.75 bits per heavy atom. The molecule has 1 aromatic carbocycles. The van der Waals surface area contributed by atoms with Crippen LogP contribution in [0.3, 0.4) is 0 Å². The van der Waals surface area contributed by atoms with Crippen LogP contribution >= 0.6 is 11.6 Å². The Morgan fingerprint density at radius 2 is 2.15 bits per heavy atom. The smallest absolute Gasteiger partial charge is 0.260 e. The van der Waals surface area contributed by atoms with E-state index in [4.69, 9.17) is 26.2 Å². The van der Waals surface area contributed by atoms with Gasteiger partial charge in [-0.2, -0.15) is 0 Å². The standard InChI is InChI=1S/C14H20ClNO4/c1-11-9-12(3-4-13(11)15)20-10-14(18)16(5-7-17)6-8-19-2/h3-4,9,17H,5-8,10H2,1-2H3. The van der Waals surface area contributed by atoms with Crippen LogP contribution in [0.4, 0.5) is 0 Å². The first kappa shape index (κ1) is 16.8. The van der Waals surface area contributed by atoms with E-state index in [9.17, 15) is 4.79 Å². The van der Waals surface area contributed by atoms with Crippen LogP contribution in [0.2, 0.25) is 5.02 Å². The van der Waals surface area contributed by atoms with Crippen molar-refractivity contribution in [3.05, 3.63) is 28.8 Å². The van der Waals surface area contributed by atoms with E-state index < -0.39 is 0 Å². The minimum absolute atomic E-state index is 0.0786. The lowest BCUT2D eigenvalue weighted by atomic mass is 10.2. The summed E-state index contributed by atoms with van der Waals surface area (Å²) in [6, 6.07) is 5.22. The fourth-order valence-corrected chi connectivity index (χ4v) is 1.74. The van der Waals surface area contributed by atoms with Crippen molar-refractivity contribution in [1.29, 1.82) is 0 Å². The molecule has 0 aliphatic rings. The topological polar surface area (TPSA) is 59.0 Å². The van der Waals surface area contributed by atoms with Gasteiger partial charge in [0.2, 0.25) is 0 Å². The fraction of sp³-hybridized carbons (Fsp3) is 0.500. The Kier molecular flexibility index (Phi) is 7.36. The molecule has 0 bridgehead atoms. The van der Waals surface area contributed by atoms with Crippen LogP contribution in [0.25, 0.3) is 0 Å². The third-order valence-electron chi connectivity index (χ3n) is 2.78. The molecule has 0 atom stereocenters. The molecule has 0 saturated carbocycles. The summed E-state index contributed by atoms with van der Waals surface area (Å²) in [6.07, 6.45) is 0. The third-order valence-corrected chi connectivity index (χ3v) is 3.20. The molecular weight excluding hydrogens is 282 g/mol. The zero-order valence-corrected chi connectivity index (χ0v) is 12.5. The molecule has 1 amide bonds. The Hall–Kier alpha value is -1.30. The van der Waals surface area contributed by atoms with Gasteiger partial charge in [-0.05, 0) is 30.7 Å². The molecule has 6 heteroatoms. The molecule has 20 heavy (non-hydrogen) atoms. The number of rotatable bonds is 8. The third kappa shape index (κ3) is 5.36. The largest absolute Gasteiger partial charge is 0.484 e. The zero-order valence-electron chi connectivity index (χ0n) is 11.8. The maximum atomic E-state index is 12.0. The number of nitrogens with zero attached hydrogens (tertiary/aromatic N) is 1. The van der Waals surface area contributed by atoms with E-state index in [1.165, 1.54) is 4.90 Å². The lowest BCUT2D eigenvalue weighted by molar-refractivity contribution is -0.134. The van der Waals surface area contributed by atoms with E-state index >= 15 is 0 Å². The number of carbonyl (C=O) groups is 1. The van der Waals surface area contributed by atoms with Crippen LogP contribution in [0.1, 0.15) is 5.56 Å². The van der Waals surface area contributed by atoms with Crippen molar-refractivity contribution in [2.24, 2.45) is 0 Å². The summed E-state index contributed by atoms with van der Waals surface area (Å²) in [5.41, 5.74) is 0.892. The van der Waals surface area contributed by atoms with Crippen LogP contribution in [0.5, 0.6) is 5.75 Å². The van der Waals surface area contributed by atoms with Gasteiger partial charge in [0.1, 0.15) is 5.75 Å². The van der Waals surface area contributed by atoms with Crippen LogP contribution in [-0.4, -0.2) is 55.9 Å². The quantitative estimate of drug-likeness (QED) is 0.790. The predicted octanol–water partition coefficient (Wildman–Crippen LogP) is 1.49. The Morgan fingerprint density at radius 1 is 1.40 bits per heavy atom.